The van der Waals surface area contributed by atoms with Crippen LogP contribution in [0.4, 0.5) is 0 Å². The number of methoxy groups -OCH3 is 1. The number of rotatable bonds is 8. The third-order valence-corrected chi connectivity index (χ3v) is 4.55. The first-order chi connectivity index (χ1) is 14.1. The molecular formula is C24H25NO4. The molecule has 3 aromatic rings. The third kappa shape index (κ3) is 4.51. The number of benzene rings is 2. The molecule has 5 heteroatoms. The molecule has 3 rings (SSSR count). The van der Waals surface area contributed by atoms with Crippen LogP contribution in [0, 0.1) is 0 Å². The Balaban J connectivity index is 2.10. The monoisotopic (exact) mass is 391 g/mol. The lowest BCUT2D eigenvalue weighted by Crippen LogP contribution is -2.20. The van der Waals surface area contributed by atoms with Crippen LogP contribution < -0.4 is 14.8 Å². The Hall–Kier alpha value is -3.47. The van der Waals surface area contributed by atoms with Crippen LogP contribution >= 0.6 is 0 Å². The molecule has 0 spiro atoms. The molecule has 0 unspecified atom stereocenters. The summed E-state index contributed by atoms with van der Waals surface area (Å²) in [6.45, 7) is 8.36. The Labute approximate surface area is 170 Å². The lowest BCUT2D eigenvalue weighted by molar-refractivity contribution is -0.116. The van der Waals surface area contributed by atoms with Crippen LogP contribution in [0.15, 0.2) is 65.8 Å². The summed E-state index contributed by atoms with van der Waals surface area (Å²) in [6.07, 6.45) is 4.94. The highest BCUT2D eigenvalue weighted by molar-refractivity contribution is 6.00. The first kappa shape index (κ1) is 20.3. The fraction of sp³-hybridized carbons (Fsp3) is 0.208. The van der Waals surface area contributed by atoms with Crippen LogP contribution in [0.25, 0.3) is 27.7 Å². The molecule has 0 bridgehead atoms. The van der Waals surface area contributed by atoms with E-state index < -0.39 is 0 Å². The van der Waals surface area contributed by atoms with Gasteiger partial charge in [-0.1, -0.05) is 18.2 Å². The molecule has 0 atom stereocenters. The molecule has 1 aromatic heterocycles. The average molecular weight is 391 g/mol. The Morgan fingerprint density at radius 3 is 2.83 bits per heavy atom. The zero-order valence-corrected chi connectivity index (χ0v) is 17.0. The van der Waals surface area contributed by atoms with E-state index in [9.17, 15) is 4.79 Å². The van der Waals surface area contributed by atoms with Crippen molar-refractivity contribution in [3.8, 4) is 22.6 Å². The second-order valence-corrected chi connectivity index (χ2v) is 6.52. The second kappa shape index (κ2) is 9.15. The maximum atomic E-state index is 12.1. The van der Waals surface area contributed by atoms with E-state index >= 15 is 0 Å². The third-order valence-electron chi connectivity index (χ3n) is 4.55. The number of allylic oxidation sites excluding steroid dienone is 1. The van der Waals surface area contributed by atoms with Gasteiger partial charge in [-0.05, 0) is 43.2 Å². The first-order valence-electron chi connectivity index (χ1n) is 9.47. The number of hydrogen-bond acceptors (Lipinski definition) is 4. The van der Waals surface area contributed by atoms with Gasteiger partial charge in [-0.15, -0.1) is 6.58 Å². The predicted molar refractivity (Wildman–Crippen MR) is 116 cm³/mol. The number of carbonyl (C=O) groups is 1. The molecule has 150 valence electrons. The summed E-state index contributed by atoms with van der Waals surface area (Å²) in [5.41, 5.74) is 4.31. The number of amides is 1. The van der Waals surface area contributed by atoms with E-state index in [-0.39, 0.29) is 5.91 Å². The molecule has 0 aliphatic heterocycles. The largest absolute Gasteiger partial charge is 0.497 e. The summed E-state index contributed by atoms with van der Waals surface area (Å²) in [5.74, 6) is 1.28. The van der Waals surface area contributed by atoms with Gasteiger partial charge in [0.15, 0.2) is 0 Å². The van der Waals surface area contributed by atoms with Gasteiger partial charge in [0.25, 0.3) is 0 Å². The Bertz CT molecular complexity index is 1060. The standard InChI is InChI=1S/C24H25NO4/c1-5-10-25-24(26)11-16(3)19-13-20-21(17-8-7-9-18(12-17)27-4)15-29-23(20)14-22(19)28-6-2/h5,7-9,11-15H,1,6,10H2,2-4H3,(H,25,26)/b16-11+. The molecule has 0 saturated carbocycles. The number of ether oxygens (including phenoxy) is 2. The van der Waals surface area contributed by atoms with Crippen LogP contribution in [0.1, 0.15) is 19.4 Å². The highest BCUT2D eigenvalue weighted by atomic mass is 16.5. The smallest absolute Gasteiger partial charge is 0.244 e. The lowest BCUT2D eigenvalue weighted by atomic mass is 9.99. The molecule has 2 aromatic carbocycles. The van der Waals surface area contributed by atoms with Gasteiger partial charge in [-0.25, -0.2) is 0 Å². The van der Waals surface area contributed by atoms with Crippen molar-refractivity contribution in [2.75, 3.05) is 20.3 Å². The molecule has 29 heavy (non-hydrogen) atoms. The SMILES string of the molecule is C=CCNC(=O)/C=C(\C)c1cc2c(-c3cccc(OC)c3)coc2cc1OCC. The molecule has 0 radical (unpaired) electrons. The molecule has 0 saturated heterocycles. The van der Waals surface area contributed by atoms with Crippen molar-refractivity contribution in [2.45, 2.75) is 13.8 Å². The lowest BCUT2D eigenvalue weighted by Gasteiger charge is -2.12. The predicted octanol–water partition coefficient (Wildman–Crippen LogP) is 5.21. The Morgan fingerprint density at radius 1 is 1.28 bits per heavy atom. The number of nitrogens with one attached hydrogen (secondary N) is 1. The molecule has 1 heterocycles. The minimum Gasteiger partial charge on any atom is -0.497 e. The van der Waals surface area contributed by atoms with Crippen LogP contribution in [0.5, 0.6) is 11.5 Å². The molecule has 1 N–H and O–H groups in total. The van der Waals surface area contributed by atoms with E-state index in [1.165, 1.54) is 0 Å². The zero-order valence-electron chi connectivity index (χ0n) is 17.0. The topological polar surface area (TPSA) is 60.7 Å². The highest BCUT2D eigenvalue weighted by Crippen LogP contribution is 2.38. The van der Waals surface area contributed by atoms with Crippen LogP contribution in [0.2, 0.25) is 0 Å². The Morgan fingerprint density at radius 2 is 2.10 bits per heavy atom. The summed E-state index contributed by atoms with van der Waals surface area (Å²) < 4.78 is 17.0. The van der Waals surface area contributed by atoms with E-state index in [4.69, 9.17) is 13.9 Å². The maximum Gasteiger partial charge on any atom is 0.244 e. The molecule has 0 aliphatic rings. The quantitative estimate of drug-likeness (QED) is 0.423. The van der Waals surface area contributed by atoms with Gasteiger partial charge in [-0.3, -0.25) is 4.79 Å². The summed E-state index contributed by atoms with van der Waals surface area (Å²) in [7, 11) is 1.64. The molecule has 0 aliphatic carbocycles. The fourth-order valence-corrected chi connectivity index (χ4v) is 3.15. The van der Waals surface area contributed by atoms with Crippen molar-refractivity contribution in [1.82, 2.24) is 5.32 Å². The van der Waals surface area contributed by atoms with Crippen LogP contribution in [-0.2, 0) is 4.79 Å². The van der Waals surface area contributed by atoms with E-state index in [1.54, 1.807) is 25.5 Å². The van der Waals surface area contributed by atoms with Crippen molar-refractivity contribution in [3.05, 3.63) is 67.0 Å². The summed E-state index contributed by atoms with van der Waals surface area (Å²) in [6, 6.07) is 11.7. The van der Waals surface area contributed by atoms with E-state index in [0.717, 1.165) is 39.0 Å². The highest BCUT2D eigenvalue weighted by Gasteiger charge is 2.15. The fourth-order valence-electron chi connectivity index (χ4n) is 3.15. The van der Waals surface area contributed by atoms with Gasteiger partial charge in [0, 0.05) is 35.2 Å². The minimum atomic E-state index is -0.176. The van der Waals surface area contributed by atoms with Crippen molar-refractivity contribution < 1.29 is 18.7 Å². The normalized spacial score (nSPS) is 11.3. The van der Waals surface area contributed by atoms with Gasteiger partial charge in [-0.2, -0.15) is 0 Å². The number of fused-ring (bicyclic) bond motifs is 1. The van der Waals surface area contributed by atoms with Gasteiger partial charge < -0.3 is 19.2 Å². The molecular weight excluding hydrogens is 366 g/mol. The van der Waals surface area contributed by atoms with Crippen LogP contribution in [-0.4, -0.2) is 26.2 Å². The Kier molecular flexibility index (Phi) is 6.39. The molecule has 0 fully saturated rings. The van der Waals surface area contributed by atoms with Crippen molar-refractivity contribution >= 4 is 22.4 Å². The molecule has 5 nitrogen and oxygen atoms in total. The number of carbonyl (C=O) groups excluding carboxylic acids is 1. The number of furan rings is 1. The van der Waals surface area contributed by atoms with E-state index in [0.29, 0.717) is 18.9 Å². The van der Waals surface area contributed by atoms with Crippen LogP contribution in [0.3, 0.4) is 0 Å². The van der Waals surface area contributed by atoms with Crippen molar-refractivity contribution in [3.63, 3.8) is 0 Å². The van der Waals surface area contributed by atoms with E-state index in [2.05, 4.69) is 11.9 Å². The average Bonchev–Trinajstić information content (AvgIpc) is 3.14. The van der Waals surface area contributed by atoms with Crippen molar-refractivity contribution in [1.29, 1.82) is 0 Å². The van der Waals surface area contributed by atoms with Gasteiger partial charge in [0.1, 0.15) is 17.1 Å². The maximum absolute atomic E-state index is 12.1. The van der Waals surface area contributed by atoms with Crippen molar-refractivity contribution in [2.24, 2.45) is 0 Å². The second-order valence-electron chi connectivity index (χ2n) is 6.52. The van der Waals surface area contributed by atoms with Gasteiger partial charge >= 0.3 is 0 Å². The first-order valence-corrected chi connectivity index (χ1v) is 9.47. The summed E-state index contributed by atoms with van der Waals surface area (Å²) in [4.78, 5) is 12.1. The summed E-state index contributed by atoms with van der Waals surface area (Å²) >= 11 is 0. The molecule has 1 amide bonds. The minimum absolute atomic E-state index is 0.176. The zero-order chi connectivity index (χ0) is 20.8. The van der Waals surface area contributed by atoms with Gasteiger partial charge in [0.05, 0.1) is 20.0 Å². The number of hydrogen-bond donors (Lipinski definition) is 1. The van der Waals surface area contributed by atoms with E-state index in [1.807, 2.05) is 50.2 Å². The van der Waals surface area contributed by atoms with Gasteiger partial charge in [0.2, 0.25) is 5.91 Å². The summed E-state index contributed by atoms with van der Waals surface area (Å²) in [5, 5.41) is 3.70.